The topological polar surface area (TPSA) is 83.6 Å². The number of hydrogen-bond donors (Lipinski definition) is 1. The minimum atomic E-state index is -0.432. The first-order valence-corrected chi connectivity index (χ1v) is 12.2. The minimum Gasteiger partial charge on any atom is -0.493 e. The van der Waals surface area contributed by atoms with Gasteiger partial charge in [-0.1, -0.05) is 13.8 Å². The number of aromatic nitrogens is 3. The molecule has 2 atom stereocenters. The maximum Gasteiger partial charge on any atom is 0.175 e. The third-order valence-electron chi connectivity index (χ3n) is 6.75. The van der Waals surface area contributed by atoms with Gasteiger partial charge in [-0.2, -0.15) is 5.10 Å². The molecule has 1 aliphatic carbocycles. The number of ether oxygens (including phenoxy) is 2. The third-order valence-corrected chi connectivity index (χ3v) is 6.75. The second-order valence-corrected chi connectivity index (χ2v) is 9.69. The summed E-state index contributed by atoms with van der Waals surface area (Å²) in [5.41, 5.74) is 1.13. The second-order valence-electron chi connectivity index (χ2n) is 9.69. The zero-order valence-electron chi connectivity index (χ0n) is 20.3. The third kappa shape index (κ3) is 5.49. The fraction of sp³-hybridized carbons (Fsp3) is 0.640. The molecule has 2 aliphatic rings. The highest BCUT2D eigenvalue weighted by atomic mass is 16.5. The predicted octanol–water partition coefficient (Wildman–Crippen LogP) is 3.92. The van der Waals surface area contributed by atoms with Crippen molar-refractivity contribution >= 4 is 12.0 Å². The van der Waals surface area contributed by atoms with E-state index in [1.807, 2.05) is 13.0 Å². The SMILES string of the molecule is COc1ccc(N2CCN([C@H](C=O)c3n[nH]c(C)n3)C(CC(C)C)C2)cc1OC1CCCC1. The highest BCUT2D eigenvalue weighted by molar-refractivity contribution is 5.60. The maximum atomic E-state index is 12.1. The van der Waals surface area contributed by atoms with Crippen LogP contribution in [0.25, 0.3) is 0 Å². The standard InChI is InChI=1S/C25H37N5O3/c1-17(2)13-20-15-29(11-12-30(20)22(16-31)25-26-18(3)27-28-25)19-9-10-23(32-4)24(14-19)33-21-7-5-6-8-21/h9-10,14,16-17,20-22H,5-8,11-13,15H2,1-4H3,(H,26,27,28)/t20?,22-/m1/s1. The van der Waals surface area contributed by atoms with Crippen molar-refractivity contribution in [2.45, 2.75) is 71.1 Å². The van der Waals surface area contributed by atoms with Gasteiger partial charge >= 0.3 is 0 Å². The van der Waals surface area contributed by atoms with Crippen molar-refractivity contribution in [1.29, 1.82) is 0 Å². The van der Waals surface area contributed by atoms with Crippen LogP contribution < -0.4 is 14.4 Å². The van der Waals surface area contributed by atoms with Crippen LogP contribution in [0.5, 0.6) is 11.5 Å². The number of nitrogens with one attached hydrogen (secondary N) is 1. The van der Waals surface area contributed by atoms with Crippen LogP contribution in [0.3, 0.4) is 0 Å². The van der Waals surface area contributed by atoms with Crippen molar-refractivity contribution in [3.63, 3.8) is 0 Å². The molecule has 1 aromatic carbocycles. The Balaban J connectivity index is 1.54. The minimum absolute atomic E-state index is 0.217. The molecule has 8 heteroatoms. The van der Waals surface area contributed by atoms with Crippen molar-refractivity contribution in [3.05, 3.63) is 29.8 Å². The van der Waals surface area contributed by atoms with E-state index in [9.17, 15) is 4.79 Å². The summed E-state index contributed by atoms with van der Waals surface area (Å²) in [6, 6.07) is 6.02. The molecule has 2 heterocycles. The Labute approximate surface area is 196 Å². The van der Waals surface area contributed by atoms with Crippen LogP contribution in [0.2, 0.25) is 0 Å². The van der Waals surface area contributed by atoms with Crippen molar-refractivity contribution in [2.24, 2.45) is 5.92 Å². The van der Waals surface area contributed by atoms with E-state index in [0.29, 0.717) is 11.7 Å². The summed E-state index contributed by atoms with van der Waals surface area (Å²) in [5.74, 6) is 3.40. The Hall–Kier alpha value is -2.61. The number of carbonyl (C=O) groups excluding carboxylic acids is 1. The van der Waals surface area contributed by atoms with Gasteiger partial charge in [0.1, 0.15) is 18.2 Å². The highest BCUT2D eigenvalue weighted by Gasteiger charge is 2.35. The number of methoxy groups -OCH3 is 1. The molecule has 0 spiro atoms. The average molecular weight is 456 g/mol. The largest absolute Gasteiger partial charge is 0.493 e. The van der Waals surface area contributed by atoms with E-state index in [1.165, 1.54) is 12.8 Å². The predicted molar refractivity (Wildman–Crippen MR) is 128 cm³/mol. The molecule has 0 bridgehead atoms. The van der Waals surface area contributed by atoms with Gasteiger partial charge in [-0.25, -0.2) is 4.98 Å². The number of anilines is 1. The van der Waals surface area contributed by atoms with E-state index < -0.39 is 6.04 Å². The molecule has 1 unspecified atom stereocenters. The summed E-state index contributed by atoms with van der Waals surface area (Å²) in [5, 5.41) is 7.16. The van der Waals surface area contributed by atoms with Crippen molar-refractivity contribution in [3.8, 4) is 11.5 Å². The molecule has 33 heavy (non-hydrogen) atoms. The van der Waals surface area contributed by atoms with Gasteiger partial charge in [0.15, 0.2) is 17.3 Å². The van der Waals surface area contributed by atoms with Gasteiger partial charge < -0.3 is 19.2 Å². The Morgan fingerprint density at radius 3 is 2.64 bits per heavy atom. The lowest BCUT2D eigenvalue weighted by atomic mass is 9.97. The number of aromatic amines is 1. The molecule has 0 amide bonds. The lowest BCUT2D eigenvalue weighted by Crippen LogP contribution is -2.55. The smallest absolute Gasteiger partial charge is 0.175 e. The first kappa shape index (κ1) is 23.5. The molecule has 180 valence electrons. The monoisotopic (exact) mass is 455 g/mol. The van der Waals surface area contributed by atoms with Gasteiger partial charge in [0.25, 0.3) is 0 Å². The molecular formula is C25H37N5O3. The van der Waals surface area contributed by atoms with E-state index >= 15 is 0 Å². The van der Waals surface area contributed by atoms with Gasteiger partial charge in [-0.15, -0.1) is 0 Å². The molecule has 8 nitrogen and oxygen atoms in total. The molecule has 4 rings (SSSR count). The van der Waals surface area contributed by atoms with E-state index in [1.54, 1.807) is 7.11 Å². The first-order chi connectivity index (χ1) is 16.0. The van der Waals surface area contributed by atoms with Crippen LogP contribution in [-0.2, 0) is 4.79 Å². The van der Waals surface area contributed by atoms with E-state index in [-0.39, 0.29) is 12.1 Å². The van der Waals surface area contributed by atoms with Gasteiger partial charge in [-0.05, 0) is 57.1 Å². The number of rotatable bonds is 9. The zero-order chi connectivity index (χ0) is 23.4. The van der Waals surface area contributed by atoms with Crippen LogP contribution in [0.1, 0.15) is 63.6 Å². The number of aldehydes is 1. The summed E-state index contributed by atoms with van der Waals surface area (Å²) in [6.07, 6.45) is 6.92. The van der Waals surface area contributed by atoms with Gasteiger partial charge in [0.2, 0.25) is 0 Å². The normalized spacial score (nSPS) is 20.9. The summed E-state index contributed by atoms with van der Waals surface area (Å²) >= 11 is 0. The number of benzene rings is 1. The molecule has 0 radical (unpaired) electrons. The molecule has 1 aliphatic heterocycles. The number of H-pyrrole nitrogens is 1. The van der Waals surface area contributed by atoms with E-state index in [2.05, 4.69) is 51.0 Å². The Morgan fingerprint density at radius 1 is 1.21 bits per heavy atom. The quantitative estimate of drug-likeness (QED) is 0.574. The summed E-state index contributed by atoms with van der Waals surface area (Å²) < 4.78 is 11.9. The van der Waals surface area contributed by atoms with Gasteiger partial charge in [-0.3, -0.25) is 10.00 Å². The number of hydrogen-bond acceptors (Lipinski definition) is 7. The van der Waals surface area contributed by atoms with Crippen molar-refractivity contribution in [1.82, 2.24) is 20.1 Å². The van der Waals surface area contributed by atoms with Crippen LogP contribution in [0.4, 0.5) is 5.69 Å². The maximum absolute atomic E-state index is 12.1. The molecule has 2 aromatic rings. The Bertz CT molecular complexity index is 925. The van der Waals surface area contributed by atoms with Crippen LogP contribution >= 0.6 is 0 Å². The summed E-state index contributed by atoms with van der Waals surface area (Å²) in [6.45, 7) is 8.73. The average Bonchev–Trinajstić information content (AvgIpc) is 3.47. The highest BCUT2D eigenvalue weighted by Crippen LogP contribution is 2.36. The van der Waals surface area contributed by atoms with Crippen LogP contribution in [0, 0.1) is 12.8 Å². The molecule has 1 saturated heterocycles. The van der Waals surface area contributed by atoms with Crippen LogP contribution in [0.15, 0.2) is 18.2 Å². The molecule has 1 aromatic heterocycles. The first-order valence-electron chi connectivity index (χ1n) is 12.2. The number of carbonyl (C=O) groups is 1. The zero-order valence-corrected chi connectivity index (χ0v) is 20.3. The van der Waals surface area contributed by atoms with Crippen LogP contribution in [-0.4, -0.2) is 65.3 Å². The van der Waals surface area contributed by atoms with E-state index in [4.69, 9.17) is 9.47 Å². The number of piperazine rings is 1. The molecule has 2 fully saturated rings. The molecule has 1 saturated carbocycles. The van der Waals surface area contributed by atoms with Crippen molar-refractivity contribution < 1.29 is 14.3 Å². The summed E-state index contributed by atoms with van der Waals surface area (Å²) in [7, 11) is 1.69. The Kier molecular flexibility index (Phi) is 7.53. The number of aryl methyl sites for hydroxylation is 1. The van der Waals surface area contributed by atoms with Crippen molar-refractivity contribution in [2.75, 3.05) is 31.6 Å². The molecule has 1 N–H and O–H groups in total. The fourth-order valence-corrected chi connectivity index (χ4v) is 5.14. The lowest BCUT2D eigenvalue weighted by molar-refractivity contribution is -0.114. The Morgan fingerprint density at radius 2 is 2.00 bits per heavy atom. The van der Waals surface area contributed by atoms with Gasteiger partial charge in [0.05, 0.1) is 13.2 Å². The summed E-state index contributed by atoms with van der Waals surface area (Å²) in [4.78, 5) is 21.2. The van der Waals surface area contributed by atoms with E-state index in [0.717, 1.165) is 68.2 Å². The fourth-order valence-electron chi connectivity index (χ4n) is 5.14. The second kappa shape index (κ2) is 10.5. The number of nitrogens with zero attached hydrogens (tertiary/aromatic N) is 4. The molecular weight excluding hydrogens is 418 g/mol. The van der Waals surface area contributed by atoms with Gasteiger partial charge in [0, 0.05) is 37.4 Å². The lowest BCUT2D eigenvalue weighted by Gasteiger charge is -2.44.